The Morgan fingerprint density at radius 2 is 1.72 bits per heavy atom. The highest BCUT2D eigenvalue weighted by atomic mass is 19.1. The number of halogens is 2. The lowest BCUT2D eigenvalue weighted by Gasteiger charge is -2.14. The number of nitrogens with zero attached hydrogens (tertiary/aromatic N) is 2. The largest absolute Gasteiger partial charge is 0.490 e. The molecular weight excluding hydrogens is 330 g/mol. The molecule has 0 aliphatic carbocycles. The zero-order chi connectivity index (χ0) is 17.6. The Kier molecular flexibility index (Phi) is 5.15. The zero-order valence-corrected chi connectivity index (χ0v) is 13.0. The summed E-state index contributed by atoms with van der Waals surface area (Å²) in [4.78, 5) is 7.90. The van der Waals surface area contributed by atoms with Gasteiger partial charge in [-0.25, -0.2) is 18.7 Å². The Labute approximate surface area is 142 Å². The summed E-state index contributed by atoms with van der Waals surface area (Å²) in [7, 11) is 0. The van der Waals surface area contributed by atoms with Crippen LogP contribution >= 0.6 is 0 Å². The third kappa shape index (κ3) is 4.48. The van der Waals surface area contributed by atoms with Crippen LogP contribution in [0.2, 0.25) is 0 Å². The summed E-state index contributed by atoms with van der Waals surface area (Å²) < 4.78 is 37.5. The van der Waals surface area contributed by atoms with E-state index in [-0.39, 0.29) is 18.2 Å². The molecule has 1 unspecified atom stereocenters. The Hall–Kier alpha value is -3.06. The number of benzene rings is 2. The summed E-state index contributed by atoms with van der Waals surface area (Å²) >= 11 is 0. The molecule has 0 aliphatic heterocycles. The standard InChI is InChI=1S/C18H14F2N2O3/c19-12-5-6-15(16(20)9-12)17(23)11-24-13-3-1-4-14(10-13)25-18-21-7-2-8-22-18/h1-10,17,23H,11H2. The monoisotopic (exact) mass is 344 g/mol. The fourth-order valence-corrected chi connectivity index (χ4v) is 2.11. The van der Waals surface area contributed by atoms with Gasteiger partial charge in [0.1, 0.15) is 35.8 Å². The highest BCUT2D eigenvalue weighted by molar-refractivity contribution is 5.34. The van der Waals surface area contributed by atoms with E-state index in [1.807, 2.05) is 0 Å². The number of rotatable bonds is 6. The average Bonchev–Trinajstić information content (AvgIpc) is 2.61. The van der Waals surface area contributed by atoms with Gasteiger partial charge in [0.25, 0.3) is 0 Å². The van der Waals surface area contributed by atoms with E-state index in [4.69, 9.17) is 9.47 Å². The van der Waals surface area contributed by atoms with Gasteiger partial charge in [0, 0.05) is 30.1 Å². The number of aromatic nitrogens is 2. The van der Waals surface area contributed by atoms with Gasteiger partial charge in [-0.3, -0.25) is 0 Å². The van der Waals surface area contributed by atoms with Crippen molar-refractivity contribution in [2.45, 2.75) is 6.10 Å². The van der Waals surface area contributed by atoms with Gasteiger partial charge in [-0.15, -0.1) is 0 Å². The molecule has 0 radical (unpaired) electrons. The van der Waals surface area contributed by atoms with Crippen LogP contribution in [0.1, 0.15) is 11.7 Å². The van der Waals surface area contributed by atoms with E-state index >= 15 is 0 Å². The van der Waals surface area contributed by atoms with Crippen LogP contribution in [0.4, 0.5) is 8.78 Å². The van der Waals surface area contributed by atoms with Gasteiger partial charge in [0.05, 0.1) is 0 Å². The van der Waals surface area contributed by atoms with Crippen molar-refractivity contribution in [3.8, 4) is 17.5 Å². The van der Waals surface area contributed by atoms with Crippen LogP contribution in [0, 0.1) is 11.6 Å². The number of hydrogen-bond acceptors (Lipinski definition) is 5. The van der Waals surface area contributed by atoms with E-state index in [2.05, 4.69) is 9.97 Å². The highest BCUT2D eigenvalue weighted by Gasteiger charge is 2.14. The molecule has 0 aliphatic rings. The predicted octanol–water partition coefficient (Wildman–Crippen LogP) is 3.66. The smallest absolute Gasteiger partial charge is 0.321 e. The van der Waals surface area contributed by atoms with E-state index in [0.717, 1.165) is 6.07 Å². The van der Waals surface area contributed by atoms with E-state index in [1.54, 1.807) is 42.7 Å². The molecule has 128 valence electrons. The van der Waals surface area contributed by atoms with Crippen molar-refractivity contribution in [3.63, 3.8) is 0 Å². The minimum atomic E-state index is -1.23. The first-order valence-electron chi connectivity index (χ1n) is 7.42. The lowest BCUT2D eigenvalue weighted by atomic mass is 10.1. The molecule has 7 heteroatoms. The molecule has 3 aromatic rings. The molecule has 0 fully saturated rings. The van der Waals surface area contributed by atoms with Crippen molar-refractivity contribution in [2.24, 2.45) is 0 Å². The van der Waals surface area contributed by atoms with E-state index in [0.29, 0.717) is 17.6 Å². The van der Waals surface area contributed by atoms with E-state index < -0.39 is 17.7 Å². The third-order valence-corrected chi connectivity index (χ3v) is 3.29. The van der Waals surface area contributed by atoms with Crippen molar-refractivity contribution in [2.75, 3.05) is 6.61 Å². The van der Waals surface area contributed by atoms with Gasteiger partial charge in [0.15, 0.2) is 0 Å². The van der Waals surface area contributed by atoms with E-state index in [9.17, 15) is 13.9 Å². The molecule has 1 atom stereocenters. The molecule has 0 amide bonds. The van der Waals surface area contributed by atoms with Crippen LogP contribution in [0.25, 0.3) is 0 Å². The first-order chi connectivity index (χ1) is 12.1. The molecule has 1 N–H and O–H groups in total. The second kappa shape index (κ2) is 7.67. The normalized spacial score (nSPS) is 11.8. The van der Waals surface area contributed by atoms with Crippen molar-refractivity contribution in [1.29, 1.82) is 0 Å². The van der Waals surface area contributed by atoms with Crippen LogP contribution in [-0.4, -0.2) is 21.7 Å². The third-order valence-electron chi connectivity index (χ3n) is 3.29. The molecule has 0 saturated heterocycles. The van der Waals surface area contributed by atoms with Crippen LogP contribution in [0.3, 0.4) is 0 Å². The van der Waals surface area contributed by atoms with Gasteiger partial charge in [-0.2, -0.15) is 0 Å². The Bertz CT molecular complexity index is 847. The van der Waals surface area contributed by atoms with Crippen LogP contribution in [-0.2, 0) is 0 Å². The Morgan fingerprint density at radius 1 is 0.960 bits per heavy atom. The van der Waals surface area contributed by atoms with Gasteiger partial charge >= 0.3 is 6.01 Å². The quantitative estimate of drug-likeness (QED) is 0.739. The predicted molar refractivity (Wildman–Crippen MR) is 85.4 cm³/mol. The number of hydrogen-bond donors (Lipinski definition) is 1. The molecule has 1 aromatic heterocycles. The topological polar surface area (TPSA) is 64.5 Å². The summed E-state index contributed by atoms with van der Waals surface area (Å²) in [6, 6.07) is 11.5. The van der Waals surface area contributed by atoms with Gasteiger partial charge in [0.2, 0.25) is 0 Å². The molecular formula is C18H14F2N2O3. The van der Waals surface area contributed by atoms with Crippen LogP contribution < -0.4 is 9.47 Å². The maximum absolute atomic E-state index is 13.6. The summed E-state index contributed by atoms with van der Waals surface area (Å²) in [5, 5.41) is 10.0. The summed E-state index contributed by atoms with van der Waals surface area (Å²) in [6.45, 7) is -0.201. The van der Waals surface area contributed by atoms with Gasteiger partial charge in [-0.1, -0.05) is 12.1 Å². The van der Waals surface area contributed by atoms with Crippen molar-refractivity contribution in [3.05, 3.63) is 78.1 Å². The number of aliphatic hydroxyl groups excluding tert-OH is 1. The second-order valence-electron chi connectivity index (χ2n) is 5.10. The SMILES string of the molecule is OC(COc1cccc(Oc2ncccn2)c1)c1ccc(F)cc1F. The van der Waals surface area contributed by atoms with Crippen LogP contribution in [0.15, 0.2) is 60.9 Å². The van der Waals surface area contributed by atoms with Gasteiger partial charge < -0.3 is 14.6 Å². The number of aliphatic hydroxyl groups is 1. The minimum Gasteiger partial charge on any atom is -0.490 e. The zero-order valence-electron chi connectivity index (χ0n) is 13.0. The van der Waals surface area contributed by atoms with Crippen LogP contribution in [0.5, 0.6) is 17.5 Å². The molecule has 25 heavy (non-hydrogen) atoms. The lowest BCUT2D eigenvalue weighted by molar-refractivity contribution is 0.105. The summed E-state index contributed by atoms with van der Waals surface area (Å²) in [5.74, 6) is -0.669. The molecule has 2 aromatic carbocycles. The lowest BCUT2D eigenvalue weighted by Crippen LogP contribution is -2.11. The van der Waals surface area contributed by atoms with Crippen molar-refractivity contribution < 1.29 is 23.4 Å². The first kappa shape index (κ1) is 16.8. The average molecular weight is 344 g/mol. The molecule has 5 nitrogen and oxygen atoms in total. The van der Waals surface area contributed by atoms with Gasteiger partial charge in [-0.05, 0) is 24.3 Å². The number of ether oxygens (including phenoxy) is 2. The highest BCUT2D eigenvalue weighted by Crippen LogP contribution is 2.24. The second-order valence-corrected chi connectivity index (χ2v) is 5.10. The molecule has 1 heterocycles. The minimum absolute atomic E-state index is 0.0357. The van der Waals surface area contributed by atoms with Crippen molar-refractivity contribution >= 4 is 0 Å². The van der Waals surface area contributed by atoms with Crippen molar-refractivity contribution in [1.82, 2.24) is 9.97 Å². The summed E-state index contributed by atoms with van der Waals surface area (Å²) in [6.07, 6.45) is 1.87. The van der Waals surface area contributed by atoms with E-state index in [1.165, 1.54) is 6.07 Å². The summed E-state index contributed by atoms with van der Waals surface area (Å²) in [5.41, 5.74) is -0.0357. The molecule has 3 rings (SSSR count). The maximum atomic E-state index is 13.6. The fourth-order valence-electron chi connectivity index (χ4n) is 2.11. The fraction of sp³-hybridized carbons (Fsp3) is 0.111. The Morgan fingerprint density at radius 3 is 2.48 bits per heavy atom. The molecule has 0 saturated carbocycles. The molecule has 0 spiro atoms. The molecule has 0 bridgehead atoms. The Balaban J connectivity index is 1.64. The first-order valence-corrected chi connectivity index (χ1v) is 7.42. The maximum Gasteiger partial charge on any atom is 0.321 e.